The number of hydrogen-bond donors (Lipinski definition) is 1. The minimum atomic E-state index is -0.761. The highest BCUT2D eigenvalue weighted by Crippen LogP contribution is 2.43. The number of halogens is 2. The molecule has 0 amide bonds. The van der Waals surface area contributed by atoms with Crippen molar-refractivity contribution in [2.24, 2.45) is 5.73 Å². The third-order valence-corrected chi connectivity index (χ3v) is 4.55. The maximum atomic E-state index is 13.5. The molecule has 0 spiro atoms. The number of nitrogens with two attached hydrogens (primary N) is 1. The number of nitro benzene ring substituents is 1. The van der Waals surface area contributed by atoms with Crippen LogP contribution in [0.1, 0.15) is 25.7 Å². The molecule has 20 heavy (non-hydrogen) atoms. The van der Waals surface area contributed by atoms with E-state index in [4.69, 9.17) is 17.3 Å². The molecule has 0 saturated carbocycles. The van der Waals surface area contributed by atoms with Crippen molar-refractivity contribution in [3.63, 3.8) is 0 Å². The normalized spacial score (nSPS) is 28.8. The van der Waals surface area contributed by atoms with Crippen molar-refractivity contribution in [3.8, 4) is 0 Å². The molecule has 2 unspecified atom stereocenters. The summed E-state index contributed by atoms with van der Waals surface area (Å²) in [6.45, 7) is 0. The molecule has 2 atom stereocenters. The zero-order valence-electron chi connectivity index (χ0n) is 10.8. The van der Waals surface area contributed by atoms with E-state index in [1.54, 1.807) is 0 Å². The van der Waals surface area contributed by atoms with Gasteiger partial charge in [0.1, 0.15) is 11.5 Å². The highest BCUT2D eigenvalue weighted by molar-refractivity contribution is 6.31. The predicted octanol–water partition coefficient (Wildman–Crippen LogP) is 2.85. The first kappa shape index (κ1) is 13.6. The van der Waals surface area contributed by atoms with Gasteiger partial charge in [0.05, 0.1) is 16.0 Å². The molecule has 5 nitrogen and oxygen atoms in total. The molecule has 2 aliphatic rings. The Labute approximate surface area is 120 Å². The number of nitrogens with zero attached hydrogens (tertiary/aromatic N) is 2. The van der Waals surface area contributed by atoms with Crippen molar-refractivity contribution < 1.29 is 9.31 Å². The molecule has 2 N–H and O–H groups in total. The van der Waals surface area contributed by atoms with E-state index in [0.29, 0.717) is 5.69 Å². The summed E-state index contributed by atoms with van der Waals surface area (Å²) in [4.78, 5) is 12.6. The van der Waals surface area contributed by atoms with Crippen molar-refractivity contribution in [1.29, 1.82) is 0 Å². The number of hydrogen-bond acceptors (Lipinski definition) is 4. The van der Waals surface area contributed by atoms with Gasteiger partial charge in [-0.05, 0) is 31.7 Å². The average molecular weight is 300 g/mol. The molecule has 1 aromatic carbocycles. The van der Waals surface area contributed by atoms with Gasteiger partial charge in [-0.2, -0.15) is 0 Å². The zero-order valence-corrected chi connectivity index (χ0v) is 11.5. The third-order valence-electron chi connectivity index (χ3n) is 4.26. The minimum Gasteiger partial charge on any atom is -0.360 e. The SMILES string of the molecule is NC1CC2CCC(C1)N2c1cc(Cl)c(F)cc1[N+](=O)[O-]. The van der Waals surface area contributed by atoms with E-state index in [0.717, 1.165) is 31.7 Å². The van der Waals surface area contributed by atoms with Crippen molar-refractivity contribution in [3.05, 3.63) is 33.1 Å². The van der Waals surface area contributed by atoms with Crippen molar-refractivity contribution >= 4 is 23.0 Å². The largest absolute Gasteiger partial charge is 0.360 e. The fourth-order valence-corrected chi connectivity index (χ4v) is 3.65. The summed E-state index contributed by atoms with van der Waals surface area (Å²) >= 11 is 5.81. The molecule has 2 bridgehead atoms. The Hall–Kier alpha value is -1.40. The quantitative estimate of drug-likeness (QED) is 0.673. The van der Waals surface area contributed by atoms with Gasteiger partial charge < -0.3 is 10.6 Å². The molecule has 7 heteroatoms. The lowest BCUT2D eigenvalue weighted by Crippen LogP contribution is -2.47. The standard InChI is InChI=1S/C13H15ClFN3O2/c14-10-5-12(13(18(19)20)6-11(10)15)17-8-1-2-9(17)4-7(16)3-8/h5-9H,1-4,16H2. The van der Waals surface area contributed by atoms with Crippen LogP contribution in [0.15, 0.2) is 12.1 Å². The predicted molar refractivity (Wildman–Crippen MR) is 74.6 cm³/mol. The molecule has 1 aromatic rings. The van der Waals surface area contributed by atoms with Gasteiger partial charge in [0, 0.05) is 18.1 Å². The Morgan fingerprint density at radius 3 is 2.50 bits per heavy atom. The van der Waals surface area contributed by atoms with E-state index in [1.807, 2.05) is 4.90 Å². The van der Waals surface area contributed by atoms with Gasteiger partial charge in [0.2, 0.25) is 0 Å². The smallest absolute Gasteiger partial charge is 0.295 e. The topological polar surface area (TPSA) is 72.4 Å². The van der Waals surface area contributed by atoms with Crippen LogP contribution in [0.4, 0.5) is 15.8 Å². The molecule has 2 aliphatic heterocycles. The van der Waals surface area contributed by atoms with Gasteiger partial charge in [-0.15, -0.1) is 0 Å². The summed E-state index contributed by atoms with van der Waals surface area (Å²) in [7, 11) is 0. The van der Waals surface area contributed by atoms with E-state index in [9.17, 15) is 14.5 Å². The molecule has 2 heterocycles. The molecule has 2 fully saturated rings. The minimum absolute atomic E-state index is 0.0835. The number of fused-ring (bicyclic) bond motifs is 2. The Bertz CT molecular complexity index is 555. The Morgan fingerprint density at radius 2 is 1.95 bits per heavy atom. The monoisotopic (exact) mass is 299 g/mol. The summed E-state index contributed by atoms with van der Waals surface area (Å²) in [5, 5.41) is 11.1. The maximum Gasteiger partial charge on any atom is 0.295 e. The van der Waals surface area contributed by atoms with Crippen molar-refractivity contribution in [1.82, 2.24) is 0 Å². The second kappa shape index (κ2) is 4.86. The van der Waals surface area contributed by atoms with Crippen LogP contribution in [0.25, 0.3) is 0 Å². The highest BCUT2D eigenvalue weighted by Gasteiger charge is 2.42. The van der Waals surface area contributed by atoms with Gasteiger partial charge in [-0.25, -0.2) is 4.39 Å². The Balaban J connectivity index is 2.06. The summed E-state index contributed by atoms with van der Waals surface area (Å²) in [6.07, 6.45) is 3.54. The lowest BCUT2D eigenvalue weighted by Gasteiger charge is -2.39. The first-order valence-electron chi connectivity index (χ1n) is 6.64. The molecule has 0 aromatic heterocycles. The molecular weight excluding hydrogens is 285 g/mol. The molecule has 2 saturated heterocycles. The summed E-state index contributed by atoms with van der Waals surface area (Å²) in [6, 6.07) is 2.79. The molecule has 0 aliphatic carbocycles. The fourth-order valence-electron chi connectivity index (χ4n) is 3.49. The fraction of sp³-hybridized carbons (Fsp3) is 0.538. The van der Waals surface area contributed by atoms with Gasteiger partial charge in [-0.3, -0.25) is 10.1 Å². The van der Waals surface area contributed by atoms with Crippen LogP contribution in [0, 0.1) is 15.9 Å². The first-order chi connectivity index (χ1) is 9.47. The van der Waals surface area contributed by atoms with Crippen LogP contribution in [-0.2, 0) is 0 Å². The highest BCUT2D eigenvalue weighted by atomic mass is 35.5. The van der Waals surface area contributed by atoms with E-state index in [-0.39, 0.29) is 28.8 Å². The van der Waals surface area contributed by atoms with Crippen molar-refractivity contribution in [2.45, 2.75) is 43.8 Å². The van der Waals surface area contributed by atoms with Gasteiger partial charge in [0.15, 0.2) is 0 Å². The number of nitro groups is 1. The van der Waals surface area contributed by atoms with Gasteiger partial charge >= 0.3 is 0 Å². The van der Waals surface area contributed by atoms with Gasteiger partial charge in [0.25, 0.3) is 5.69 Å². The van der Waals surface area contributed by atoms with Crippen LogP contribution in [0.5, 0.6) is 0 Å². The number of rotatable bonds is 2. The maximum absolute atomic E-state index is 13.5. The zero-order chi connectivity index (χ0) is 14.4. The average Bonchev–Trinajstić information content (AvgIpc) is 2.64. The molecule has 108 valence electrons. The second-order valence-corrected chi connectivity index (χ2v) is 5.94. The third kappa shape index (κ3) is 2.13. The number of benzene rings is 1. The van der Waals surface area contributed by atoms with Crippen LogP contribution in [0.3, 0.4) is 0 Å². The molecular formula is C13H15ClFN3O2. The summed E-state index contributed by atoms with van der Waals surface area (Å²) in [5.74, 6) is -0.761. The summed E-state index contributed by atoms with van der Waals surface area (Å²) in [5.41, 5.74) is 6.20. The second-order valence-electron chi connectivity index (χ2n) is 5.54. The van der Waals surface area contributed by atoms with E-state index in [1.165, 1.54) is 6.07 Å². The van der Waals surface area contributed by atoms with Crippen LogP contribution < -0.4 is 10.6 Å². The van der Waals surface area contributed by atoms with Crippen LogP contribution in [0.2, 0.25) is 5.02 Å². The lowest BCUT2D eigenvalue weighted by molar-refractivity contribution is -0.384. The Kier molecular flexibility index (Phi) is 3.30. The number of anilines is 1. The first-order valence-corrected chi connectivity index (χ1v) is 7.02. The Morgan fingerprint density at radius 1 is 1.35 bits per heavy atom. The lowest BCUT2D eigenvalue weighted by atomic mass is 9.97. The van der Waals surface area contributed by atoms with Crippen molar-refractivity contribution in [2.75, 3.05) is 4.90 Å². The summed E-state index contributed by atoms with van der Waals surface area (Å²) < 4.78 is 13.5. The van der Waals surface area contributed by atoms with Gasteiger partial charge in [-0.1, -0.05) is 11.6 Å². The van der Waals surface area contributed by atoms with E-state index in [2.05, 4.69) is 0 Å². The molecule has 3 rings (SSSR count). The van der Waals surface area contributed by atoms with Crippen LogP contribution in [-0.4, -0.2) is 23.0 Å². The molecule has 0 radical (unpaired) electrons. The van der Waals surface area contributed by atoms with Crippen LogP contribution >= 0.6 is 11.6 Å². The van der Waals surface area contributed by atoms with E-state index >= 15 is 0 Å². The van der Waals surface area contributed by atoms with E-state index < -0.39 is 10.7 Å². The number of piperidine rings is 1.